The summed E-state index contributed by atoms with van der Waals surface area (Å²) < 4.78 is 12.7. The number of methoxy groups -OCH3 is 2. The summed E-state index contributed by atoms with van der Waals surface area (Å²) in [6.45, 7) is 0. The van der Waals surface area contributed by atoms with E-state index in [2.05, 4.69) is 26.2 Å². The molecule has 0 saturated heterocycles. The van der Waals surface area contributed by atoms with Gasteiger partial charge < -0.3 is 19.8 Å². The predicted molar refractivity (Wildman–Crippen MR) is 119 cm³/mol. The van der Waals surface area contributed by atoms with Crippen LogP contribution in [-0.4, -0.2) is 35.4 Å². The van der Waals surface area contributed by atoms with Crippen LogP contribution in [0.15, 0.2) is 49.3 Å². The Morgan fingerprint density at radius 2 is 1.90 bits per heavy atom. The fraction of sp³-hybridized carbons (Fsp3) is 0.250. The molecule has 0 radical (unpaired) electrons. The molecule has 1 aliphatic heterocycles. The van der Waals surface area contributed by atoms with E-state index in [1.54, 1.807) is 36.0 Å². The smallest absolute Gasteiger partial charge is 0.317 e. The molecule has 156 valence electrons. The summed E-state index contributed by atoms with van der Waals surface area (Å²) in [5.41, 5.74) is 0.347. The van der Waals surface area contributed by atoms with Crippen LogP contribution in [0.2, 0.25) is 0 Å². The van der Waals surface area contributed by atoms with Crippen molar-refractivity contribution in [2.24, 2.45) is 0 Å². The fourth-order valence-electron chi connectivity index (χ4n) is 3.48. The van der Waals surface area contributed by atoms with Gasteiger partial charge in [0.25, 0.3) is 0 Å². The molecule has 0 fully saturated rings. The molecule has 30 heavy (non-hydrogen) atoms. The third-order valence-corrected chi connectivity index (χ3v) is 6.43. The molecule has 2 aromatic carbocycles. The zero-order chi connectivity index (χ0) is 21.4. The van der Waals surface area contributed by atoms with E-state index in [0.717, 1.165) is 9.37 Å². The van der Waals surface area contributed by atoms with Crippen molar-refractivity contribution in [3.63, 3.8) is 0 Å². The minimum Gasteiger partial charge on any atom is -0.497 e. The van der Waals surface area contributed by atoms with Crippen LogP contribution in [0.25, 0.3) is 11.0 Å². The first-order valence-electron chi connectivity index (χ1n) is 9.03. The highest BCUT2D eigenvalue weighted by Crippen LogP contribution is 2.38. The number of halogens is 1. The summed E-state index contributed by atoms with van der Waals surface area (Å²) >= 11 is 4.97. The number of ether oxygens (including phenoxy) is 2. The lowest BCUT2D eigenvalue weighted by molar-refractivity contribution is -0.116. The lowest BCUT2D eigenvalue weighted by Crippen LogP contribution is -2.41. The van der Waals surface area contributed by atoms with Crippen LogP contribution in [0.5, 0.6) is 11.5 Å². The van der Waals surface area contributed by atoms with E-state index in [1.807, 2.05) is 6.07 Å². The second-order valence-electron chi connectivity index (χ2n) is 6.75. The molecule has 0 spiro atoms. The number of H-pyrrole nitrogens is 1. The topological polar surface area (TPSA) is 102 Å². The van der Waals surface area contributed by atoms with Crippen molar-refractivity contribution in [1.82, 2.24) is 9.55 Å². The van der Waals surface area contributed by atoms with Gasteiger partial charge in [-0.25, -0.2) is 0 Å². The first-order valence-corrected chi connectivity index (χ1v) is 10.8. The van der Waals surface area contributed by atoms with Crippen molar-refractivity contribution < 1.29 is 14.3 Å². The SMILES string of the molecule is COc1cc(NC(=O)CC2CSc3cc(Br)cc4[nH]c(=O)c(=O)n2c34)cc(OC)c1. The molecule has 2 N–H and O–H groups in total. The van der Waals surface area contributed by atoms with E-state index >= 15 is 0 Å². The molecule has 1 amide bonds. The molecule has 1 unspecified atom stereocenters. The Bertz CT molecular complexity index is 1250. The number of carbonyl (C=O) groups excluding carboxylic acids is 1. The molecule has 0 saturated carbocycles. The van der Waals surface area contributed by atoms with Gasteiger partial charge in [0.2, 0.25) is 5.91 Å². The summed E-state index contributed by atoms with van der Waals surface area (Å²) in [4.78, 5) is 41.1. The van der Waals surface area contributed by atoms with Crippen LogP contribution >= 0.6 is 27.7 Å². The van der Waals surface area contributed by atoms with Crippen LogP contribution in [0.3, 0.4) is 0 Å². The van der Waals surface area contributed by atoms with Gasteiger partial charge in [-0.1, -0.05) is 15.9 Å². The molecule has 0 bridgehead atoms. The standard InChI is InChI=1S/C20H18BrN3O5S/c1-28-13-5-11(6-14(8-13)29-2)22-17(25)7-12-9-30-16-4-10(21)3-15-18(16)24(12)20(27)19(26)23-15/h3-6,8,12H,7,9H2,1-2H3,(H,22,25)(H,23,26). The zero-order valence-electron chi connectivity index (χ0n) is 16.2. The van der Waals surface area contributed by atoms with Gasteiger partial charge in [0, 0.05) is 45.4 Å². The Morgan fingerprint density at radius 3 is 2.57 bits per heavy atom. The maximum absolute atomic E-state index is 12.8. The van der Waals surface area contributed by atoms with E-state index in [4.69, 9.17) is 9.47 Å². The number of anilines is 1. The Balaban J connectivity index is 1.66. The van der Waals surface area contributed by atoms with Crippen molar-refractivity contribution in [3.05, 3.63) is 55.5 Å². The first kappa shape index (κ1) is 20.5. The summed E-state index contributed by atoms with van der Waals surface area (Å²) in [5.74, 6) is 1.31. The van der Waals surface area contributed by atoms with E-state index in [1.165, 1.54) is 18.8 Å². The van der Waals surface area contributed by atoms with Gasteiger partial charge in [0.1, 0.15) is 11.5 Å². The molecular weight excluding hydrogens is 474 g/mol. The molecule has 10 heteroatoms. The number of nitrogens with zero attached hydrogens (tertiary/aromatic N) is 1. The van der Waals surface area contributed by atoms with Gasteiger partial charge in [-0.3, -0.25) is 19.0 Å². The van der Waals surface area contributed by atoms with E-state index in [0.29, 0.717) is 34.0 Å². The number of aromatic nitrogens is 2. The molecule has 8 nitrogen and oxygen atoms in total. The van der Waals surface area contributed by atoms with Gasteiger partial charge in [0.15, 0.2) is 0 Å². The number of hydrogen-bond acceptors (Lipinski definition) is 6. The molecule has 3 aromatic rings. The maximum atomic E-state index is 12.8. The summed E-state index contributed by atoms with van der Waals surface area (Å²) in [6.07, 6.45) is 0.0422. The number of carbonyl (C=O) groups is 1. The number of amides is 1. The molecule has 1 aromatic heterocycles. The third-order valence-electron chi connectivity index (χ3n) is 4.79. The highest BCUT2D eigenvalue weighted by atomic mass is 79.9. The van der Waals surface area contributed by atoms with Crippen LogP contribution in [0.1, 0.15) is 12.5 Å². The lowest BCUT2D eigenvalue weighted by Gasteiger charge is -2.27. The monoisotopic (exact) mass is 491 g/mol. The molecular formula is C20H18BrN3O5S. The van der Waals surface area contributed by atoms with Gasteiger partial charge in [-0.2, -0.15) is 0 Å². The molecule has 4 rings (SSSR count). The van der Waals surface area contributed by atoms with E-state index in [-0.39, 0.29) is 12.3 Å². The van der Waals surface area contributed by atoms with Gasteiger partial charge in [-0.15, -0.1) is 11.8 Å². The van der Waals surface area contributed by atoms with Crippen LogP contribution in [0, 0.1) is 0 Å². The average molecular weight is 492 g/mol. The molecule has 1 aliphatic rings. The molecule has 1 atom stereocenters. The second-order valence-corrected chi connectivity index (χ2v) is 8.73. The Labute approximate surface area is 183 Å². The van der Waals surface area contributed by atoms with Gasteiger partial charge in [-0.05, 0) is 12.1 Å². The van der Waals surface area contributed by atoms with Crippen LogP contribution < -0.4 is 25.9 Å². The largest absolute Gasteiger partial charge is 0.497 e. The minimum atomic E-state index is -0.707. The number of thioether (sulfide) groups is 1. The van der Waals surface area contributed by atoms with Gasteiger partial charge in [0.05, 0.1) is 31.3 Å². The normalized spacial score (nSPS) is 15.1. The summed E-state index contributed by atoms with van der Waals surface area (Å²) in [7, 11) is 3.06. The zero-order valence-corrected chi connectivity index (χ0v) is 18.6. The molecule has 2 heterocycles. The fourth-order valence-corrected chi connectivity index (χ4v) is 5.28. The second kappa shape index (κ2) is 8.19. The van der Waals surface area contributed by atoms with E-state index < -0.39 is 17.2 Å². The van der Waals surface area contributed by atoms with Crippen molar-refractivity contribution in [2.45, 2.75) is 17.4 Å². The van der Waals surface area contributed by atoms with Gasteiger partial charge >= 0.3 is 11.1 Å². The van der Waals surface area contributed by atoms with Crippen molar-refractivity contribution in [3.8, 4) is 11.5 Å². The lowest BCUT2D eigenvalue weighted by atomic mass is 10.1. The van der Waals surface area contributed by atoms with Crippen molar-refractivity contribution in [1.29, 1.82) is 0 Å². The Morgan fingerprint density at radius 1 is 1.20 bits per heavy atom. The summed E-state index contributed by atoms with van der Waals surface area (Å²) in [5, 5.41) is 2.82. The van der Waals surface area contributed by atoms with Crippen molar-refractivity contribution in [2.75, 3.05) is 25.3 Å². The highest BCUT2D eigenvalue weighted by Gasteiger charge is 2.27. The van der Waals surface area contributed by atoms with Crippen LogP contribution in [-0.2, 0) is 4.79 Å². The maximum Gasteiger partial charge on any atom is 0.317 e. The number of hydrogen-bond donors (Lipinski definition) is 2. The Hall–Kier alpha value is -2.72. The molecule has 0 aliphatic carbocycles. The van der Waals surface area contributed by atoms with Crippen LogP contribution in [0.4, 0.5) is 5.69 Å². The van der Waals surface area contributed by atoms with E-state index in [9.17, 15) is 14.4 Å². The number of benzene rings is 2. The summed E-state index contributed by atoms with van der Waals surface area (Å²) in [6, 6.07) is 8.27. The minimum absolute atomic E-state index is 0.0422. The third kappa shape index (κ3) is 3.84. The first-order chi connectivity index (χ1) is 14.4. The number of rotatable bonds is 5. The average Bonchev–Trinajstić information content (AvgIpc) is 2.72. The predicted octanol–water partition coefficient (Wildman–Crippen LogP) is 3.15. The number of aromatic amines is 1. The van der Waals surface area contributed by atoms with Crippen molar-refractivity contribution >= 4 is 50.3 Å². The number of nitrogens with one attached hydrogen (secondary N) is 2. The highest BCUT2D eigenvalue weighted by molar-refractivity contribution is 9.10. The quantitative estimate of drug-likeness (QED) is 0.531. The Kier molecular flexibility index (Phi) is 5.61.